The number of aliphatic carboxylic acids is 1. The number of carboxylic acids is 1. The summed E-state index contributed by atoms with van der Waals surface area (Å²) >= 11 is 0. The molecule has 19 heavy (non-hydrogen) atoms. The van der Waals surface area contributed by atoms with Crippen molar-refractivity contribution in [3.63, 3.8) is 0 Å². The second-order valence-corrected chi connectivity index (χ2v) is 4.15. The van der Waals surface area contributed by atoms with E-state index >= 15 is 0 Å². The maximum Gasteiger partial charge on any atom is 0.405 e. The van der Waals surface area contributed by atoms with Crippen LogP contribution in [-0.4, -0.2) is 53.1 Å². The Kier molecular flexibility index (Phi) is 4.73. The molecule has 0 aliphatic carbocycles. The number of carbonyl (C=O) groups excluding carboxylic acids is 2. The molecule has 0 aromatic heterocycles. The molecule has 1 heterocycles. The van der Waals surface area contributed by atoms with E-state index in [4.69, 9.17) is 5.11 Å². The molecule has 6 nitrogen and oxygen atoms in total. The Balaban J connectivity index is 2.46. The summed E-state index contributed by atoms with van der Waals surface area (Å²) in [6.45, 7) is -1.32. The van der Waals surface area contributed by atoms with E-state index in [9.17, 15) is 27.6 Å². The average Bonchev–Trinajstić information content (AvgIpc) is 2.74. The molecular weight excluding hydrogens is 269 g/mol. The molecule has 108 valence electrons. The number of hydrogen-bond donors (Lipinski definition) is 2. The lowest BCUT2D eigenvalue weighted by molar-refractivity contribution is -0.150. The molecule has 1 rings (SSSR count). The van der Waals surface area contributed by atoms with Crippen molar-refractivity contribution < 1.29 is 32.7 Å². The first-order valence-corrected chi connectivity index (χ1v) is 5.56. The van der Waals surface area contributed by atoms with E-state index in [2.05, 4.69) is 0 Å². The monoisotopic (exact) mass is 282 g/mol. The zero-order valence-corrected chi connectivity index (χ0v) is 9.87. The van der Waals surface area contributed by atoms with Crippen LogP contribution in [0.3, 0.4) is 0 Å². The van der Waals surface area contributed by atoms with Crippen LogP contribution in [0.5, 0.6) is 0 Å². The first-order valence-electron chi connectivity index (χ1n) is 5.56. The van der Waals surface area contributed by atoms with Crippen LogP contribution in [0.4, 0.5) is 13.2 Å². The highest BCUT2D eigenvalue weighted by Gasteiger charge is 2.35. The second-order valence-electron chi connectivity index (χ2n) is 4.15. The van der Waals surface area contributed by atoms with E-state index in [0.717, 1.165) is 4.90 Å². The molecule has 1 saturated heterocycles. The summed E-state index contributed by atoms with van der Waals surface area (Å²) < 4.78 is 35.5. The number of nitrogens with zero attached hydrogens (tertiary/aromatic N) is 1. The minimum Gasteiger partial charge on any atom is -0.480 e. The number of alkyl halides is 3. The Bertz CT molecular complexity index is 383. The van der Waals surface area contributed by atoms with Gasteiger partial charge >= 0.3 is 12.1 Å². The van der Waals surface area contributed by atoms with Gasteiger partial charge in [0.15, 0.2) is 0 Å². The van der Waals surface area contributed by atoms with Crippen molar-refractivity contribution in [2.45, 2.75) is 31.5 Å². The normalized spacial score (nSPS) is 19.3. The predicted molar refractivity (Wildman–Crippen MR) is 56.1 cm³/mol. The van der Waals surface area contributed by atoms with Crippen LogP contribution in [0.25, 0.3) is 0 Å². The molecule has 2 N–H and O–H groups in total. The first kappa shape index (κ1) is 15.3. The summed E-state index contributed by atoms with van der Waals surface area (Å²) in [6.07, 6.45) is -4.55. The van der Waals surface area contributed by atoms with Crippen molar-refractivity contribution in [2.24, 2.45) is 0 Å². The van der Waals surface area contributed by atoms with Crippen molar-refractivity contribution in [1.82, 2.24) is 10.2 Å². The Morgan fingerprint density at radius 3 is 2.47 bits per heavy atom. The van der Waals surface area contributed by atoms with Crippen molar-refractivity contribution >= 4 is 17.8 Å². The summed E-state index contributed by atoms with van der Waals surface area (Å²) in [5, 5.41) is 10.4. The summed E-state index contributed by atoms with van der Waals surface area (Å²) in [5.74, 6) is -3.02. The Morgan fingerprint density at radius 2 is 1.95 bits per heavy atom. The van der Waals surface area contributed by atoms with Crippen LogP contribution in [0.2, 0.25) is 0 Å². The average molecular weight is 282 g/mol. The van der Waals surface area contributed by atoms with Gasteiger partial charge in [0, 0.05) is 6.54 Å². The zero-order valence-electron chi connectivity index (χ0n) is 9.87. The third-order valence-corrected chi connectivity index (χ3v) is 2.66. The molecule has 0 aromatic rings. The molecule has 0 saturated carbocycles. The lowest BCUT2D eigenvalue weighted by Crippen LogP contribution is -2.43. The molecular formula is C10H13F3N2O4. The standard InChI is InChI=1S/C10H13F3N2O4/c11-10(12,13)5-14-7(16)4-8(17)15-3-1-2-6(15)9(18)19/h6H,1-5H2,(H,14,16)(H,18,19)/t6-/m1/s1. The minimum atomic E-state index is -4.55. The summed E-state index contributed by atoms with van der Waals surface area (Å²) in [7, 11) is 0. The van der Waals surface area contributed by atoms with E-state index in [0.29, 0.717) is 6.42 Å². The van der Waals surface area contributed by atoms with Gasteiger partial charge in [-0.05, 0) is 12.8 Å². The van der Waals surface area contributed by atoms with Gasteiger partial charge in [-0.2, -0.15) is 13.2 Å². The van der Waals surface area contributed by atoms with E-state index in [-0.39, 0.29) is 13.0 Å². The van der Waals surface area contributed by atoms with Crippen molar-refractivity contribution in [1.29, 1.82) is 0 Å². The number of hydrogen-bond acceptors (Lipinski definition) is 3. The fraction of sp³-hybridized carbons (Fsp3) is 0.700. The fourth-order valence-electron chi connectivity index (χ4n) is 1.82. The van der Waals surface area contributed by atoms with Gasteiger partial charge < -0.3 is 15.3 Å². The molecule has 0 bridgehead atoms. The third-order valence-electron chi connectivity index (χ3n) is 2.66. The minimum absolute atomic E-state index is 0.197. The van der Waals surface area contributed by atoms with E-state index < -0.39 is 43.0 Å². The summed E-state index contributed by atoms with van der Waals surface area (Å²) in [6, 6.07) is -0.997. The number of carboxylic acid groups (broad SMARTS) is 1. The maximum atomic E-state index is 11.8. The number of nitrogens with one attached hydrogen (secondary N) is 1. The van der Waals surface area contributed by atoms with Gasteiger partial charge in [0.25, 0.3) is 0 Å². The molecule has 0 radical (unpaired) electrons. The molecule has 1 atom stereocenters. The molecule has 1 aliphatic heterocycles. The van der Waals surface area contributed by atoms with Gasteiger partial charge in [-0.1, -0.05) is 0 Å². The zero-order chi connectivity index (χ0) is 14.6. The van der Waals surface area contributed by atoms with Crippen LogP contribution in [0, 0.1) is 0 Å². The number of amides is 2. The summed E-state index contributed by atoms with van der Waals surface area (Å²) in [4.78, 5) is 34.6. The number of likely N-dealkylation sites (tertiary alicyclic amines) is 1. The van der Waals surface area contributed by atoms with E-state index in [1.807, 2.05) is 0 Å². The quantitative estimate of drug-likeness (QED) is 0.718. The number of carbonyl (C=O) groups is 3. The molecule has 0 spiro atoms. The smallest absolute Gasteiger partial charge is 0.405 e. The largest absolute Gasteiger partial charge is 0.480 e. The number of halogens is 3. The SMILES string of the molecule is O=C(CC(=O)N1CCC[C@@H]1C(=O)O)NCC(F)(F)F. The highest BCUT2D eigenvalue weighted by Crippen LogP contribution is 2.18. The molecule has 9 heteroatoms. The van der Waals surface area contributed by atoms with Crippen LogP contribution in [0.1, 0.15) is 19.3 Å². The van der Waals surface area contributed by atoms with Crippen LogP contribution >= 0.6 is 0 Å². The Morgan fingerprint density at radius 1 is 1.32 bits per heavy atom. The van der Waals surface area contributed by atoms with Crippen LogP contribution in [0.15, 0.2) is 0 Å². The highest BCUT2D eigenvalue weighted by molar-refractivity contribution is 5.98. The van der Waals surface area contributed by atoms with Gasteiger partial charge in [0.1, 0.15) is 19.0 Å². The maximum absolute atomic E-state index is 11.8. The topological polar surface area (TPSA) is 86.7 Å². The predicted octanol–water partition coefficient (Wildman–Crippen LogP) is 0.131. The molecule has 2 amide bonds. The molecule has 1 aliphatic rings. The first-order chi connectivity index (χ1) is 8.70. The van der Waals surface area contributed by atoms with Crippen molar-refractivity contribution in [3.8, 4) is 0 Å². The number of rotatable bonds is 4. The molecule has 0 aromatic carbocycles. The van der Waals surface area contributed by atoms with Crippen molar-refractivity contribution in [3.05, 3.63) is 0 Å². The lowest BCUT2D eigenvalue weighted by Gasteiger charge is -2.21. The Hall–Kier alpha value is -1.80. The Labute approximate surface area is 106 Å². The third kappa shape index (κ3) is 4.76. The second kappa shape index (κ2) is 5.89. The van der Waals surface area contributed by atoms with Gasteiger partial charge in [-0.25, -0.2) is 4.79 Å². The van der Waals surface area contributed by atoms with Crippen molar-refractivity contribution in [2.75, 3.05) is 13.1 Å². The molecule has 0 unspecified atom stereocenters. The summed E-state index contributed by atoms with van der Waals surface area (Å²) in [5.41, 5.74) is 0. The molecule has 1 fully saturated rings. The fourth-order valence-corrected chi connectivity index (χ4v) is 1.82. The van der Waals surface area contributed by atoms with Crippen LogP contribution in [-0.2, 0) is 14.4 Å². The van der Waals surface area contributed by atoms with E-state index in [1.165, 1.54) is 0 Å². The van der Waals surface area contributed by atoms with Gasteiger partial charge in [-0.15, -0.1) is 0 Å². The van der Waals surface area contributed by atoms with Gasteiger partial charge in [0.2, 0.25) is 11.8 Å². The van der Waals surface area contributed by atoms with Gasteiger partial charge in [-0.3, -0.25) is 9.59 Å². The van der Waals surface area contributed by atoms with Gasteiger partial charge in [0.05, 0.1) is 0 Å². The highest BCUT2D eigenvalue weighted by atomic mass is 19.4. The van der Waals surface area contributed by atoms with Crippen LogP contribution < -0.4 is 5.32 Å². The lowest BCUT2D eigenvalue weighted by atomic mass is 10.2. The van der Waals surface area contributed by atoms with E-state index in [1.54, 1.807) is 5.32 Å².